The summed E-state index contributed by atoms with van der Waals surface area (Å²) in [4.78, 5) is 94.5. The van der Waals surface area contributed by atoms with Gasteiger partial charge in [-0.2, -0.15) is 0 Å². The number of hydrogen-bond donors (Lipinski definition) is 8. The first-order chi connectivity index (χ1) is 27.2. The van der Waals surface area contributed by atoms with E-state index < -0.39 is 69.2 Å². The van der Waals surface area contributed by atoms with E-state index in [4.69, 9.17) is 0 Å². The number of carbonyl (C=O) groups excluding carboxylic acids is 7. The number of hydrogen-bond acceptors (Lipinski definition) is 10. The number of nitrogens with one attached hydrogen (secondary N) is 8. The summed E-state index contributed by atoms with van der Waals surface area (Å²) in [5, 5.41) is 24.0. The second kappa shape index (κ2) is 22.5. The van der Waals surface area contributed by atoms with E-state index in [1.165, 1.54) is 35.4 Å². The molecule has 1 aliphatic carbocycles. The summed E-state index contributed by atoms with van der Waals surface area (Å²) in [7, 11) is 2.84. The van der Waals surface area contributed by atoms with Gasteiger partial charge in [0, 0.05) is 42.5 Å². The smallest absolute Gasteiger partial charge is 0.244 e. The highest BCUT2D eigenvalue weighted by molar-refractivity contribution is 8.77. The number of amides is 7. The molecular formula is C41H72N8O7S2. The van der Waals surface area contributed by atoms with Crippen molar-refractivity contribution in [2.75, 3.05) is 19.6 Å². The molecule has 8 N–H and O–H groups in total. The van der Waals surface area contributed by atoms with Gasteiger partial charge in [-0.15, -0.1) is 0 Å². The summed E-state index contributed by atoms with van der Waals surface area (Å²) in [5.41, 5.74) is 0. The summed E-state index contributed by atoms with van der Waals surface area (Å²) in [5.74, 6) is -2.40. The Bertz CT molecular complexity index is 1460. The Kier molecular flexibility index (Phi) is 19.1. The molecule has 58 heavy (non-hydrogen) atoms. The second-order valence-corrected chi connectivity index (χ2v) is 21.3. The molecule has 3 fully saturated rings. The van der Waals surface area contributed by atoms with E-state index in [1.54, 1.807) is 6.92 Å². The molecule has 2 saturated heterocycles. The van der Waals surface area contributed by atoms with Crippen LogP contribution in [0.2, 0.25) is 0 Å². The summed E-state index contributed by atoms with van der Waals surface area (Å²) in [6.07, 6.45) is 5.81. The van der Waals surface area contributed by atoms with Crippen molar-refractivity contribution in [1.82, 2.24) is 42.5 Å². The molecule has 0 aromatic rings. The first-order valence-electron chi connectivity index (χ1n) is 21.3. The Morgan fingerprint density at radius 2 is 1.47 bits per heavy atom. The van der Waals surface area contributed by atoms with Crippen molar-refractivity contribution >= 4 is 62.9 Å². The fourth-order valence-corrected chi connectivity index (χ4v) is 10.8. The Balaban J connectivity index is 2.03. The third-order valence-electron chi connectivity index (χ3n) is 11.9. The van der Waals surface area contributed by atoms with E-state index in [0.29, 0.717) is 63.1 Å². The molecule has 2 heterocycles. The van der Waals surface area contributed by atoms with Crippen molar-refractivity contribution in [3.05, 3.63) is 0 Å². The van der Waals surface area contributed by atoms with Crippen molar-refractivity contribution in [2.45, 2.75) is 173 Å². The maximum absolute atomic E-state index is 14.4. The van der Waals surface area contributed by atoms with Crippen molar-refractivity contribution in [1.29, 1.82) is 0 Å². The van der Waals surface area contributed by atoms with Crippen molar-refractivity contribution in [3.63, 3.8) is 0 Å². The fourth-order valence-electron chi connectivity index (χ4n) is 8.15. The number of fused-ring (bicyclic) bond motifs is 1. The molecule has 2 aliphatic heterocycles. The van der Waals surface area contributed by atoms with E-state index in [9.17, 15) is 33.6 Å². The van der Waals surface area contributed by atoms with E-state index in [0.717, 1.165) is 19.3 Å². The van der Waals surface area contributed by atoms with Gasteiger partial charge in [0.05, 0.1) is 0 Å². The molecule has 3 aliphatic rings. The van der Waals surface area contributed by atoms with Gasteiger partial charge in [-0.05, 0) is 103 Å². The zero-order valence-corrected chi connectivity index (χ0v) is 38.1. The third kappa shape index (κ3) is 14.6. The molecule has 0 aromatic heterocycles. The molecule has 4 unspecified atom stereocenters. The SMILES string of the molecule is CC[C@@H]1NC(=O)[C@H]([C@@H](C)CC)NC(=O)[C@@H](NC(C)=O)C(C)(C)SSC(C)(C)CNC(=O)[C@H](CCCCNC(C)=O)NC(=O)[C@H](CC2CNC3C(C)CCCC23)NC1=O. The molecule has 0 bridgehead atoms. The van der Waals surface area contributed by atoms with Gasteiger partial charge in [-0.1, -0.05) is 62.1 Å². The molecule has 1 saturated carbocycles. The lowest BCUT2D eigenvalue weighted by Gasteiger charge is -2.37. The lowest BCUT2D eigenvalue weighted by atomic mass is 9.73. The lowest BCUT2D eigenvalue weighted by Crippen LogP contribution is -2.62. The predicted molar refractivity (Wildman–Crippen MR) is 230 cm³/mol. The first kappa shape index (κ1) is 49.3. The normalized spacial score (nSPS) is 31.9. The Morgan fingerprint density at radius 1 is 0.810 bits per heavy atom. The van der Waals surface area contributed by atoms with Crippen molar-refractivity contribution in [3.8, 4) is 0 Å². The van der Waals surface area contributed by atoms with Gasteiger partial charge >= 0.3 is 0 Å². The summed E-state index contributed by atoms with van der Waals surface area (Å²) in [6.45, 7) is 19.5. The highest BCUT2D eigenvalue weighted by atomic mass is 33.1. The summed E-state index contributed by atoms with van der Waals surface area (Å²) < 4.78 is -1.45. The monoisotopic (exact) mass is 852 g/mol. The summed E-state index contributed by atoms with van der Waals surface area (Å²) in [6, 6.07) is -4.65. The van der Waals surface area contributed by atoms with Gasteiger partial charge in [0.15, 0.2) is 0 Å². The van der Waals surface area contributed by atoms with E-state index >= 15 is 0 Å². The van der Waals surface area contributed by atoms with Crippen LogP contribution in [-0.2, 0) is 33.6 Å². The Hall–Kier alpha value is -3.05. The van der Waals surface area contributed by atoms with Gasteiger partial charge in [0.2, 0.25) is 41.4 Å². The molecule has 3 rings (SSSR count). The van der Waals surface area contributed by atoms with E-state index in [2.05, 4.69) is 49.5 Å². The van der Waals surface area contributed by atoms with Crippen LogP contribution in [0, 0.1) is 23.7 Å². The van der Waals surface area contributed by atoms with E-state index in [-0.39, 0.29) is 36.6 Å². The van der Waals surface area contributed by atoms with E-state index in [1.807, 2.05) is 41.5 Å². The minimum absolute atomic E-state index is 0.107. The highest BCUT2D eigenvalue weighted by Gasteiger charge is 2.44. The maximum Gasteiger partial charge on any atom is 0.244 e. The quantitative estimate of drug-likeness (QED) is 0.112. The second-order valence-electron chi connectivity index (χ2n) is 17.8. The first-order valence-corrected chi connectivity index (χ1v) is 23.5. The maximum atomic E-state index is 14.4. The molecule has 0 radical (unpaired) electrons. The number of rotatable bonds is 11. The summed E-state index contributed by atoms with van der Waals surface area (Å²) >= 11 is 0. The molecular weight excluding hydrogens is 781 g/mol. The zero-order valence-electron chi connectivity index (χ0n) is 36.4. The molecule has 15 nitrogen and oxygen atoms in total. The Morgan fingerprint density at radius 3 is 2.10 bits per heavy atom. The topological polar surface area (TPSA) is 216 Å². The van der Waals surface area contributed by atoms with Gasteiger partial charge in [0.1, 0.15) is 30.2 Å². The van der Waals surface area contributed by atoms with Gasteiger partial charge in [-0.3, -0.25) is 33.6 Å². The zero-order chi connectivity index (χ0) is 43.4. The van der Waals surface area contributed by atoms with Gasteiger partial charge < -0.3 is 42.5 Å². The highest BCUT2D eigenvalue weighted by Crippen LogP contribution is 2.45. The van der Waals surface area contributed by atoms with Crippen LogP contribution in [-0.4, -0.2) is 107 Å². The van der Waals surface area contributed by atoms with Crippen LogP contribution in [0.4, 0.5) is 0 Å². The Labute approximate surface area is 353 Å². The van der Waals surface area contributed by atoms with Crippen LogP contribution in [0.15, 0.2) is 0 Å². The average Bonchev–Trinajstić information content (AvgIpc) is 3.58. The molecule has 10 atom stereocenters. The molecule has 7 amide bonds. The molecule has 17 heteroatoms. The van der Waals surface area contributed by atoms with Gasteiger partial charge in [0.25, 0.3) is 0 Å². The minimum Gasteiger partial charge on any atom is -0.356 e. The van der Waals surface area contributed by atoms with Gasteiger partial charge in [-0.25, -0.2) is 0 Å². The number of carbonyl (C=O) groups is 7. The van der Waals surface area contributed by atoms with Crippen LogP contribution < -0.4 is 42.5 Å². The average molecular weight is 853 g/mol. The van der Waals surface area contributed by atoms with Crippen molar-refractivity contribution < 1.29 is 33.6 Å². The minimum atomic E-state index is -1.03. The largest absolute Gasteiger partial charge is 0.356 e. The lowest BCUT2D eigenvalue weighted by molar-refractivity contribution is -0.136. The number of unbranched alkanes of at least 4 members (excludes halogenated alkanes) is 1. The van der Waals surface area contributed by atoms with Crippen LogP contribution in [0.1, 0.15) is 127 Å². The fraction of sp³-hybridized carbons (Fsp3) is 0.829. The van der Waals surface area contributed by atoms with Crippen LogP contribution in [0.3, 0.4) is 0 Å². The molecule has 0 aromatic carbocycles. The standard InChI is InChI=1S/C41H72N8O7S2/c1-11-23(3)33-38(55)46-29(12-2)36(53)48-31(20-27-21-43-32-24(4)16-15-17-28(27)32)37(54)47-30(18-13-14-19-42-25(5)50)35(52)44-22-40(7,8)57-58-41(9,10)34(39(56)49-33)45-26(6)51/h23-24,27-34,43H,11-22H2,1-10H3,(H,42,50)(H,44,52)(H,45,51)(H,46,55)(H,47,54)(H,48,53)(H,49,56)/t23-,24?,27?,28?,29-,30-,31-,32?,33-,34+/m0/s1. The molecule has 0 spiro atoms. The van der Waals surface area contributed by atoms with Crippen LogP contribution in [0.5, 0.6) is 0 Å². The predicted octanol–water partition coefficient (Wildman–Crippen LogP) is 2.68. The molecule has 330 valence electrons. The van der Waals surface area contributed by atoms with Crippen molar-refractivity contribution in [2.24, 2.45) is 23.7 Å². The van der Waals surface area contributed by atoms with Crippen LogP contribution in [0.25, 0.3) is 0 Å². The van der Waals surface area contributed by atoms with Crippen LogP contribution >= 0.6 is 21.6 Å². The third-order valence-corrected chi connectivity index (χ3v) is 16.1.